The predicted octanol–water partition coefficient (Wildman–Crippen LogP) is 3.21. The van der Waals surface area contributed by atoms with Crippen molar-refractivity contribution in [2.75, 3.05) is 0 Å². The number of hydrogen-bond donors (Lipinski definition) is 0. The van der Waals surface area contributed by atoms with Gasteiger partial charge in [0.1, 0.15) is 0 Å². The van der Waals surface area contributed by atoms with Crippen LogP contribution in [0.2, 0.25) is 0 Å². The molecule has 0 unspecified atom stereocenters. The molecule has 0 aliphatic carbocycles. The standard InChI is InChI=1S/C22H18N4O2/c1-3-25-18-11-7-5-9-15(18)21-16(22(25)28)13-23-26(21)19-12-20(27)24(2)17-10-6-4-8-14(17)19/h4-13H,3H2,1-2H3. The minimum absolute atomic E-state index is 0.0735. The van der Waals surface area contributed by atoms with Crippen LogP contribution in [-0.2, 0) is 13.6 Å². The Kier molecular flexibility index (Phi) is 3.49. The Labute approximate surface area is 159 Å². The van der Waals surface area contributed by atoms with Crippen molar-refractivity contribution in [1.29, 1.82) is 0 Å². The van der Waals surface area contributed by atoms with E-state index in [2.05, 4.69) is 5.10 Å². The number of rotatable bonds is 2. The van der Waals surface area contributed by atoms with Crippen LogP contribution in [0, 0.1) is 0 Å². The summed E-state index contributed by atoms with van der Waals surface area (Å²) in [6, 6.07) is 17.1. The van der Waals surface area contributed by atoms with Crippen LogP contribution in [0.15, 0.2) is 70.4 Å². The average Bonchev–Trinajstić information content (AvgIpc) is 3.17. The molecule has 3 aromatic heterocycles. The van der Waals surface area contributed by atoms with E-state index in [1.807, 2.05) is 55.5 Å². The van der Waals surface area contributed by atoms with Gasteiger partial charge in [-0.3, -0.25) is 9.59 Å². The molecule has 3 heterocycles. The largest absolute Gasteiger partial charge is 0.311 e. The van der Waals surface area contributed by atoms with Gasteiger partial charge < -0.3 is 9.13 Å². The van der Waals surface area contributed by atoms with Crippen molar-refractivity contribution in [3.8, 4) is 5.69 Å². The van der Waals surface area contributed by atoms with Crippen LogP contribution in [0.5, 0.6) is 0 Å². The van der Waals surface area contributed by atoms with Crippen LogP contribution in [-0.4, -0.2) is 18.9 Å². The molecule has 0 amide bonds. The lowest BCUT2D eigenvalue weighted by Gasteiger charge is -2.13. The van der Waals surface area contributed by atoms with Crippen molar-refractivity contribution >= 4 is 32.7 Å². The molecular formula is C22H18N4O2. The topological polar surface area (TPSA) is 61.8 Å². The third kappa shape index (κ3) is 2.11. The molecule has 0 aliphatic rings. The number of aryl methyl sites for hydroxylation is 2. The highest BCUT2D eigenvalue weighted by atomic mass is 16.1. The van der Waals surface area contributed by atoms with E-state index < -0.39 is 0 Å². The second-order valence-electron chi connectivity index (χ2n) is 6.83. The van der Waals surface area contributed by atoms with E-state index in [1.54, 1.807) is 33.1 Å². The number of nitrogens with zero attached hydrogens (tertiary/aromatic N) is 4. The summed E-state index contributed by atoms with van der Waals surface area (Å²) in [5.41, 5.74) is 2.88. The number of aromatic nitrogens is 4. The first-order chi connectivity index (χ1) is 13.6. The molecule has 5 aromatic rings. The molecule has 0 radical (unpaired) electrons. The number of benzene rings is 2. The Morgan fingerprint density at radius 2 is 1.57 bits per heavy atom. The maximum absolute atomic E-state index is 13.0. The third-order valence-corrected chi connectivity index (χ3v) is 5.37. The smallest absolute Gasteiger partial charge is 0.262 e. The molecule has 0 N–H and O–H groups in total. The van der Waals surface area contributed by atoms with Crippen LogP contribution < -0.4 is 11.1 Å². The SMILES string of the molecule is CCn1c(=O)c2cnn(-c3cc(=O)n(C)c4ccccc34)c2c2ccccc21. The molecule has 6 nitrogen and oxygen atoms in total. The molecule has 0 bridgehead atoms. The monoisotopic (exact) mass is 370 g/mol. The van der Waals surface area contributed by atoms with Crippen LogP contribution >= 0.6 is 0 Å². The van der Waals surface area contributed by atoms with Crippen LogP contribution in [0.25, 0.3) is 38.4 Å². The Morgan fingerprint density at radius 3 is 2.32 bits per heavy atom. The summed E-state index contributed by atoms with van der Waals surface area (Å²) in [5, 5.41) is 6.91. The average molecular weight is 370 g/mol. The minimum atomic E-state index is -0.122. The molecule has 0 saturated carbocycles. The van der Waals surface area contributed by atoms with E-state index in [9.17, 15) is 9.59 Å². The van der Waals surface area contributed by atoms with E-state index >= 15 is 0 Å². The first kappa shape index (κ1) is 16.5. The van der Waals surface area contributed by atoms with E-state index in [1.165, 1.54) is 0 Å². The third-order valence-electron chi connectivity index (χ3n) is 5.37. The minimum Gasteiger partial charge on any atom is -0.311 e. The molecule has 138 valence electrons. The summed E-state index contributed by atoms with van der Waals surface area (Å²) in [6.45, 7) is 2.54. The highest BCUT2D eigenvalue weighted by Gasteiger charge is 2.17. The summed E-state index contributed by atoms with van der Waals surface area (Å²) >= 11 is 0. The molecule has 5 rings (SSSR count). The zero-order valence-electron chi connectivity index (χ0n) is 15.6. The van der Waals surface area contributed by atoms with E-state index in [-0.39, 0.29) is 11.1 Å². The van der Waals surface area contributed by atoms with Gasteiger partial charge in [-0.25, -0.2) is 4.68 Å². The molecule has 0 spiro atoms. The Morgan fingerprint density at radius 1 is 0.893 bits per heavy atom. The molecular weight excluding hydrogens is 352 g/mol. The molecule has 0 saturated heterocycles. The van der Waals surface area contributed by atoms with Gasteiger partial charge in [-0.2, -0.15) is 5.10 Å². The maximum Gasteiger partial charge on any atom is 0.262 e. The number of pyridine rings is 2. The molecule has 0 fully saturated rings. The molecule has 0 aliphatic heterocycles. The fourth-order valence-corrected chi connectivity index (χ4v) is 3.99. The molecule has 28 heavy (non-hydrogen) atoms. The summed E-state index contributed by atoms with van der Waals surface area (Å²) in [7, 11) is 1.75. The highest BCUT2D eigenvalue weighted by molar-refractivity contribution is 6.05. The van der Waals surface area contributed by atoms with Gasteiger partial charge in [0.25, 0.3) is 11.1 Å². The molecule has 2 aromatic carbocycles. The van der Waals surface area contributed by atoms with Crippen molar-refractivity contribution < 1.29 is 0 Å². The number of fused-ring (bicyclic) bond motifs is 4. The summed E-state index contributed by atoms with van der Waals surface area (Å²) < 4.78 is 5.10. The second kappa shape index (κ2) is 5.92. The van der Waals surface area contributed by atoms with Gasteiger partial charge in [0.2, 0.25) is 0 Å². The maximum atomic E-state index is 13.0. The highest BCUT2D eigenvalue weighted by Crippen LogP contribution is 2.27. The second-order valence-corrected chi connectivity index (χ2v) is 6.83. The van der Waals surface area contributed by atoms with Crippen molar-refractivity contribution in [3.63, 3.8) is 0 Å². The Hall–Kier alpha value is -3.67. The zero-order chi connectivity index (χ0) is 19.4. The molecule has 0 atom stereocenters. The zero-order valence-corrected chi connectivity index (χ0v) is 15.6. The lowest BCUT2D eigenvalue weighted by molar-refractivity contribution is 0.766. The van der Waals surface area contributed by atoms with Gasteiger partial charge in [0, 0.05) is 30.4 Å². The quantitative estimate of drug-likeness (QED) is 0.479. The summed E-state index contributed by atoms with van der Waals surface area (Å²) in [6.07, 6.45) is 1.60. The van der Waals surface area contributed by atoms with Gasteiger partial charge in [-0.05, 0) is 19.1 Å². The van der Waals surface area contributed by atoms with Gasteiger partial charge in [0.05, 0.1) is 33.8 Å². The first-order valence-electron chi connectivity index (χ1n) is 9.20. The van der Waals surface area contributed by atoms with Crippen molar-refractivity contribution in [1.82, 2.24) is 18.9 Å². The van der Waals surface area contributed by atoms with Gasteiger partial charge in [-0.1, -0.05) is 36.4 Å². The first-order valence-corrected chi connectivity index (χ1v) is 9.20. The lowest BCUT2D eigenvalue weighted by atomic mass is 10.1. The van der Waals surface area contributed by atoms with Crippen molar-refractivity contribution in [2.24, 2.45) is 7.05 Å². The van der Waals surface area contributed by atoms with Gasteiger partial charge in [-0.15, -0.1) is 0 Å². The van der Waals surface area contributed by atoms with E-state index in [0.29, 0.717) is 17.6 Å². The van der Waals surface area contributed by atoms with Crippen molar-refractivity contribution in [3.05, 3.63) is 81.5 Å². The van der Waals surface area contributed by atoms with E-state index in [0.717, 1.165) is 27.3 Å². The summed E-state index contributed by atoms with van der Waals surface area (Å²) in [5.74, 6) is 0. The van der Waals surface area contributed by atoms with Gasteiger partial charge >= 0.3 is 0 Å². The van der Waals surface area contributed by atoms with Crippen molar-refractivity contribution in [2.45, 2.75) is 13.5 Å². The Balaban J connectivity index is 2.01. The number of hydrogen-bond acceptors (Lipinski definition) is 3. The number of para-hydroxylation sites is 2. The fraction of sp³-hybridized carbons (Fsp3) is 0.136. The Bertz CT molecular complexity index is 1500. The van der Waals surface area contributed by atoms with E-state index in [4.69, 9.17) is 0 Å². The molecule has 6 heteroatoms. The van der Waals surface area contributed by atoms with Crippen LogP contribution in [0.4, 0.5) is 0 Å². The summed E-state index contributed by atoms with van der Waals surface area (Å²) in [4.78, 5) is 25.6. The van der Waals surface area contributed by atoms with Crippen LogP contribution in [0.1, 0.15) is 6.92 Å². The van der Waals surface area contributed by atoms with Gasteiger partial charge in [0.15, 0.2) is 0 Å². The normalized spacial score (nSPS) is 11.6. The fourth-order valence-electron chi connectivity index (χ4n) is 3.99. The lowest BCUT2D eigenvalue weighted by Crippen LogP contribution is -2.20. The predicted molar refractivity (Wildman–Crippen MR) is 111 cm³/mol. The van der Waals surface area contributed by atoms with Crippen LogP contribution in [0.3, 0.4) is 0 Å².